The second-order valence-electron chi connectivity index (χ2n) is 5.70. The third-order valence-corrected chi connectivity index (χ3v) is 3.87. The van der Waals surface area contributed by atoms with Gasteiger partial charge in [0.05, 0.1) is 6.10 Å². The van der Waals surface area contributed by atoms with Crippen LogP contribution in [0, 0.1) is 5.92 Å². The van der Waals surface area contributed by atoms with Crippen LogP contribution < -0.4 is 5.32 Å². The summed E-state index contributed by atoms with van der Waals surface area (Å²) < 4.78 is 0. The van der Waals surface area contributed by atoms with Crippen molar-refractivity contribution in [2.75, 3.05) is 19.6 Å². The summed E-state index contributed by atoms with van der Waals surface area (Å²) >= 11 is 0. The molecule has 1 saturated heterocycles. The molecule has 1 heterocycles. The highest BCUT2D eigenvalue weighted by atomic mass is 16.3. The predicted octanol–water partition coefficient (Wildman–Crippen LogP) is 1.86. The average molecular weight is 242 g/mol. The Morgan fingerprint density at radius 3 is 2.53 bits per heavy atom. The summed E-state index contributed by atoms with van der Waals surface area (Å²) in [5, 5.41) is 13.4. The Hall–Kier alpha value is -0.120. The summed E-state index contributed by atoms with van der Waals surface area (Å²) in [7, 11) is 0. The molecule has 0 radical (unpaired) electrons. The van der Waals surface area contributed by atoms with Crippen LogP contribution in [0.2, 0.25) is 0 Å². The molecular weight excluding hydrogens is 212 g/mol. The summed E-state index contributed by atoms with van der Waals surface area (Å²) in [6.07, 6.45) is 2.94. The fourth-order valence-electron chi connectivity index (χ4n) is 2.82. The van der Waals surface area contributed by atoms with Gasteiger partial charge in [-0.25, -0.2) is 0 Å². The predicted molar refractivity (Wildman–Crippen MR) is 73.2 cm³/mol. The number of hydrogen-bond acceptors (Lipinski definition) is 3. The number of likely N-dealkylation sites (N-methyl/N-ethyl adjacent to an activating group) is 1. The van der Waals surface area contributed by atoms with Crippen molar-refractivity contribution in [3.8, 4) is 0 Å². The molecule has 0 saturated carbocycles. The highest BCUT2D eigenvalue weighted by Gasteiger charge is 2.28. The number of likely N-dealkylation sites (tertiary alicyclic amines) is 1. The van der Waals surface area contributed by atoms with E-state index in [0.717, 1.165) is 32.5 Å². The molecule has 3 heteroatoms. The lowest BCUT2D eigenvalue weighted by Crippen LogP contribution is -2.51. The standard InChI is InChI=1S/C14H30N2O/c1-5-14(17)8-12-7-13(15-6-2)10-16(9-12)11(3)4/h11-15,17H,5-10H2,1-4H3. The SMILES string of the molecule is CCNC1CC(CC(O)CC)CN(C(C)C)C1. The first-order valence-electron chi connectivity index (χ1n) is 7.22. The normalized spacial score (nSPS) is 28.6. The van der Waals surface area contributed by atoms with Crippen molar-refractivity contribution < 1.29 is 5.11 Å². The monoisotopic (exact) mass is 242 g/mol. The second-order valence-corrected chi connectivity index (χ2v) is 5.70. The van der Waals surface area contributed by atoms with E-state index in [0.29, 0.717) is 18.0 Å². The smallest absolute Gasteiger partial charge is 0.0540 e. The van der Waals surface area contributed by atoms with Gasteiger partial charge in [-0.15, -0.1) is 0 Å². The molecule has 102 valence electrons. The fourth-order valence-corrected chi connectivity index (χ4v) is 2.82. The van der Waals surface area contributed by atoms with Crippen LogP contribution in [0.5, 0.6) is 0 Å². The van der Waals surface area contributed by atoms with Gasteiger partial charge < -0.3 is 10.4 Å². The lowest BCUT2D eigenvalue weighted by molar-refractivity contribution is 0.0699. The first-order chi connectivity index (χ1) is 8.06. The molecule has 0 amide bonds. The van der Waals surface area contributed by atoms with Crippen molar-refractivity contribution in [2.24, 2.45) is 5.92 Å². The van der Waals surface area contributed by atoms with Gasteiger partial charge in [0, 0.05) is 25.2 Å². The summed E-state index contributed by atoms with van der Waals surface area (Å²) in [5.74, 6) is 0.644. The number of hydrogen-bond donors (Lipinski definition) is 2. The van der Waals surface area contributed by atoms with Crippen molar-refractivity contribution in [2.45, 2.75) is 65.1 Å². The molecule has 3 unspecified atom stereocenters. The Kier molecular flexibility index (Phi) is 6.45. The molecule has 0 aromatic heterocycles. The van der Waals surface area contributed by atoms with Gasteiger partial charge >= 0.3 is 0 Å². The van der Waals surface area contributed by atoms with Gasteiger partial charge in [0.15, 0.2) is 0 Å². The Bertz CT molecular complexity index is 208. The summed E-state index contributed by atoms with van der Waals surface area (Å²) in [4.78, 5) is 2.55. The van der Waals surface area contributed by atoms with Crippen LogP contribution in [0.1, 0.15) is 47.0 Å². The summed E-state index contributed by atoms with van der Waals surface area (Å²) in [5.41, 5.74) is 0. The van der Waals surface area contributed by atoms with Crippen LogP contribution in [-0.4, -0.2) is 47.8 Å². The van der Waals surface area contributed by atoms with E-state index in [1.54, 1.807) is 0 Å². The zero-order valence-electron chi connectivity index (χ0n) is 11.9. The quantitative estimate of drug-likeness (QED) is 0.746. The maximum atomic E-state index is 9.81. The molecule has 1 aliphatic rings. The average Bonchev–Trinajstić information content (AvgIpc) is 2.29. The maximum absolute atomic E-state index is 9.81. The number of rotatable bonds is 6. The van der Waals surface area contributed by atoms with E-state index in [1.165, 1.54) is 6.42 Å². The number of aliphatic hydroxyl groups is 1. The van der Waals surface area contributed by atoms with E-state index >= 15 is 0 Å². The van der Waals surface area contributed by atoms with Crippen LogP contribution >= 0.6 is 0 Å². The molecule has 1 rings (SSSR count). The van der Waals surface area contributed by atoms with Crippen molar-refractivity contribution in [1.29, 1.82) is 0 Å². The number of piperidine rings is 1. The third-order valence-electron chi connectivity index (χ3n) is 3.87. The van der Waals surface area contributed by atoms with E-state index in [-0.39, 0.29) is 6.10 Å². The molecule has 0 aromatic rings. The minimum Gasteiger partial charge on any atom is -0.393 e. The highest BCUT2D eigenvalue weighted by molar-refractivity contribution is 4.85. The molecule has 3 nitrogen and oxygen atoms in total. The third kappa shape index (κ3) is 4.94. The van der Waals surface area contributed by atoms with E-state index in [9.17, 15) is 5.11 Å². The molecule has 0 bridgehead atoms. The topological polar surface area (TPSA) is 35.5 Å². The van der Waals surface area contributed by atoms with E-state index in [1.807, 2.05) is 0 Å². The van der Waals surface area contributed by atoms with Crippen LogP contribution in [0.3, 0.4) is 0 Å². The Morgan fingerprint density at radius 1 is 1.29 bits per heavy atom. The largest absolute Gasteiger partial charge is 0.393 e. The van der Waals surface area contributed by atoms with Gasteiger partial charge in [-0.1, -0.05) is 13.8 Å². The second kappa shape index (κ2) is 7.34. The van der Waals surface area contributed by atoms with Gasteiger partial charge in [0.2, 0.25) is 0 Å². The van der Waals surface area contributed by atoms with Crippen LogP contribution in [0.25, 0.3) is 0 Å². The van der Waals surface area contributed by atoms with Crippen LogP contribution in [0.4, 0.5) is 0 Å². The molecule has 1 fully saturated rings. The number of nitrogens with zero attached hydrogens (tertiary/aromatic N) is 1. The summed E-state index contributed by atoms with van der Waals surface area (Å²) in [6, 6.07) is 1.21. The fraction of sp³-hybridized carbons (Fsp3) is 1.00. The maximum Gasteiger partial charge on any atom is 0.0540 e. The van der Waals surface area contributed by atoms with Crippen molar-refractivity contribution >= 4 is 0 Å². The summed E-state index contributed by atoms with van der Waals surface area (Å²) in [6.45, 7) is 12.1. The van der Waals surface area contributed by atoms with E-state index < -0.39 is 0 Å². The molecule has 0 spiro atoms. The van der Waals surface area contributed by atoms with Gasteiger partial charge in [0.25, 0.3) is 0 Å². The van der Waals surface area contributed by atoms with Gasteiger partial charge in [-0.05, 0) is 45.6 Å². The molecule has 3 atom stereocenters. The van der Waals surface area contributed by atoms with E-state index in [4.69, 9.17) is 0 Å². The van der Waals surface area contributed by atoms with Gasteiger partial charge in [-0.3, -0.25) is 4.90 Å². The lowest BCUT2D eigenvalue weighted by atomic mass is 9.88. The Labute approximate surface area is 107 Å². The van der Waals surface area contributed by atoms with Gasteiger partial charge in [0.1, 0.15) is 0 Å². The highest BCUT2D eigenvalue weighted by Crippen LogP contribution is 2.23. The number of nitrogens with one attached hydrogen (secondary N) is 1. The molecular formula is C14H30N2O. The Balaban J connectivity index is 2.52. The first kappa shape index (κ1) is 14.9. The molecule has 2 N–H and O–H groups in total. The minimum absolute atomic E-state index is 0.116. The molecule has 0 aromatic carbocycles. The van der Waals surface area contributed by atoms with Crippen LogP contribution in [0.15, 0.2) is 0 Å². The Morgan fingerprint density at radius 2 is 2.00 bits per heavy atom. The lowest BCUT2D eigenvalue weighted by Gasteiger charge is -2.41. The first-order valence-corrected chi connectivity index (χ1v) is 7.22. The van der Waals surface area contributed by atoms with Crippen molar-refractivity contribution in [1.82, 2.24) is 10.2 Å². The van der Waals surface area contributed by atoms with Gasteiger partial charge in [-0.2, -0.15) is 0 Å². The molecule has 0 aliphatic carbocycles. The minimum atomic E-state index is -0.116. The van der Waals surface area contributed by atoms with Crippen molar-refractivity contribution in [3.63, 3.8) is 0 Å². The van der Waals surface area contributed by atoms with E-state index in [2.05, 4.69) is 37.9 Å². The molecule has 17 heavy (non-hydrogen) atoms. The van der Waals surface area contributed by atoms with Crippen LogP contribution in [-0.2, 0) is 0 Å². The number of aliphatic hydroxyl groups excluding tert-OH is 1. The zero-order chi connectivity index (χ0) is 12.8. The molecule has 1 aliphatic heterocycles. The van der Waals surface area contributed by atoms with Crippen molar-refractivity contribution in [3.05, 3.63) is 0 Å². The zero-order valence-corrected chi connectivity index (χ0v) is 11.9.